The van der Waals surface area contributed by atoms with Crippen molar-refractivity contribution in [2.45, 2.75) is 81.8 Å². The summed E-state index contributed by atoms with van der Waals surface area (Å²) in [6, 6.07) is 15.3. The molecule has 4 atom stereocenters. The van der Waals surface area contributed by atoms with E-state index < -0.39 is 0 Å². The number of para-hydroxylation sites is 1. The Bertz CT molecular complexity index is 1070. The van der Waals surface area contributed by atoms with Crippen LogP contribution < -0.4 is 11.1 Å². The summed E-state index contributed by atoms with van der Waals surface area (Å²) in [5.41, 5.74) is 10.4. The number of benzene rings is 1. The highest BCUT2D eigenvalue weighted by atomic mass is 35.5. The summed E-state index contributed by atoms with van der Waals surface area (Å²) in [5, 5.41) is 5.30. The molecule has 3 fully saturated rings. The van der Waals surface area contributed by atoms with Gasteiger partial charge in [-0.2, -0.15) is 0 Å². The molecule has 0 radical (unpaired) electrons. The third-order valence-electron chi connectivity index (χ3n) is 8.95. The molecule has 0 aliphatic heterocycles. The maximum atomic E-state index is 6.12. The van der Waals surface area contributed by atoms with Crippen molar-refractivity contribution < 1.29 is 0 Å². The molecule has 3 N–H and O–H groups in total. The molecule has 0 saturated heterocycles. The number of nitrogens with zero attached hydrogens (tertiary/aromatic N) is 2. The average molecular weight is 479 g/mol. The molecule has 2 bridgehead atoms. The van der Waals surface area contributed by atoms with E-state index in [1.54, 1.807) is 0 Å². The summed E-state index contributed by atoms with van der Waals surface area (Å²) in [6.45, 7) is 1.04. The van der Waals surface area contributed by atoms with E-state index in [-0.39, 0.29) is 12.4 Å². The Morgan fingerprint density at radius 2 is 1.76 bits per heavy atom. The van der Waals surface area contributed by atoms with Crippen molar-refractivity contribution in [1.29, 1.82) is 0 Å². The van der Waals surface area contributed by atoms with E-state index in [4.69, 9.17) is 5.73 Å². The fourth-order valence-corrected chi connectivity index (χ4v) is 7.19. The molecule has 4 nitrogen and oxygen atoms in total. The Morgan fingerprint density at radius 3 is 2.50 bits per heavy atom. The first-order valence-corrected chi connectivity index (χ1v) is 13.2. The Hall–Kier alpha value is -1.88. The number of pyridine rings is 1. The van der Waals surface area contributed by atoms with Crippen LogP contribution in [-0.2, 0) is 0 Å². The van der Waals surface area contributed by atoms with Gasteiger partial charge in [0.25, 0.3) is 0 Å². The number of aromatic nitrogens is 2. The molecule has 4 unspecified atom stereocenters. The summed E-state index contributed by atoms with van der Waals surface area (Å²) < 4.78 is 2.67. The summed E-state index contributed by atoms with van der Waals surface area (Å²) in [7, 11) is 0. The van der Waals surface area contributed by atoms with Gasteiger partial charge in [-0.1, -0.05) is 24.6 Å². The fourth-order valence-electron chi connectivity index (χ4n) is 7.19. The molecule has 3 aliphatic rings. The van der Waals surface area contributed by atoms with Crippen LogP contribution >= 0.6 is 12.4 Å². The first-order valence-electron chi connectivity index (χ1n) is 13.2. The van der Waals surface area contributed by atoms with Crippen LogP contribution in [0.1, 0.15) is 80.9 Å². The summed E-state index contributed by atoms with van der Waals surface area (Å²) in [6.07, 6.45) is 18.0. The number of halogens is 1. The standard InChI is InChI=1S/C29H38N4.ClH/c30-23-7-9-24(10-8-23)32-16-13-25(21-11-14-31-15-12-21)27-19-33(28-4-2-1-3-26(27)28)29-18-20-5-6-22(29)17-20;/h1-4,11-12,14-15,19-20,22-25,29,32H,5-10,13,16-18,30H2;1H. The zero-order valence-electron chi connectivity index (χ0n) is 20.1. The minimum absolute atomic E-state index is 0. The van der Waals surface area contributed by atoms with Gasteiger partial charge in [0.1, 0.15) is 0 Å². The lowest BCUT2D eigenvalue weighted by molar-refractivity contribution is 0.336. The zero-order chi connectivity index (χ0) is 22.2. The van der Waals surface area contributed by atoms with Gasteiger partial charge in [0.15, 0.2) is 0 Å². The van der Waals surface area contributed by atoms with E-state index in [1.807, 2.05) is 12.4 Å². The van der Waals surface area contributed by atoms with Crippen LogP contribution in [0.15, 0.2) is 55.0 Å². The topological polar surface area (TPSA) is 55.9 Å². The number of rotatable bonds is 7. The number of nitrogens with two attached hydrogens (primary N) is 1. The van der Waals surface area contributed by atoms with Crippen molar-refractivity contribution in [3.63, 3.8) is 0 Å². The monoisotopic (exact) mass is 478 g/mol. The second kappa shape index (κ2) is 10.4. The van der Waals surface area contributed by atoms with E-state index in [1.165, 1.54) is 60.6 Å². The van der Waals surface area contributed by atoms with Crippen LogP contribution in [0.4, 0.5) is 0 Å². The van der Waals surface area contributed by atoms with Crippen molar-refractivity contribution in [3.8, 4) is 0 Å². The maximum Gasteiger partial charge on any atom is 0.0486 e. The van der Waals surface area contributed by atoms with Crippen LogP contribution in [0.3, 0.4) is 0 Å². The van der Waals surface area contributed by atoms with Gasteiger partial charge in [-0.05, 0) is 99.1 Å². The quantitative estimate of drug-likeness (QED) is 0.425. The molecule has 0 amide bonds. The van der Waals surface area contributed by atoms with Gasteiger partial charge in [-0.15, -0.1) is 12.4 Å². The SMILES string of the molecule is Cl.NC1CCC(NCCC(c2ccncc2)c2cn(C3CC4CCC3C4)c3ccccc23)CC1. The molecule has 6 rings (SSSR count). The highest BCUT2D eigenvalue weighted by Crippen LogP contribution is 2.52. The van der Waals surface area contributed by atoms with Gasteiger partial charge in [-0.25, -0.2) is 0 Å². The molecule has 182 valence electrons. The van der Waals surface area contributed by atoms with Gasteiger partial charge in [0.2, 0.25) is 0 Å². The number of hydrogen-bond acceptors (Lipinski definition) is 3. The first kappa shape index (κ1) is 23.8. The summed E-state index contributed by atoms with van der Waals surface area (Å²) >= 11 is 0. The lowest BCUT2D eigenvalue weighted by Crippen LogP contribution is -2.38. The molecule has 3 aliphatic carbocycles. The van der Waals surface area contributed by atoms with E-state index in [9.17, 15) is 0 Å². The Kier molecular flexibility index (Phi) is 7.29. The normalized spacial score (nSPS) is 29.3. The van der Waals surface area contributed by atoms with Crippen molar-refractivity contribution in [2.24, 2.45) is 17.6 Å². The molecule has 34 heavy (non-hydrogen) atoms. The molecular formula is C29H39ClN4. The minimum Gasteiger partial charge on any atom is -0.344 e. The van der Waals surface area contributed by atoms with E-state index in [0.717, 1.165) is 37.6 Å². The zero-order valence-corrected chi connectivity index (χ0v) is 20.9. The lowest BCUT2D eigenvalue weighted by atomic mass is 9.88. The molecule has 3 saturated carbocycles. The Balaban J connectivity index is 0.00000241. The van der Waals surface area contributed by atoms with Crippen molar-refractivity contribution in [3.05, 3.63) is 66.1 Å². The highest BCUT2D eigenvalue weighted by Gasteiger charge is 2.41. The molecule has 3 aromatic rings. The van der Waals surface area contributed by atoms with Crippen LogP contribution in [0.5, 0.6) is 0 Å². The summed E-state index contributed by atoms with van der Waals surface area (Å²) in [5.74, 6) is 2.21. The van der Waals surface area contributed by atoms with Crippen molar-refractivity contribution >= 4 is 23.3 Å². The first-order chi connectivity index (χ1) is 16.3. The molecule has 1 aromatic carbocycles. The van der Waals surface area contributed by atoms with Crippen molar-refractivity contribution in [2.75, 3.05) is 6.54 Å². The molecule has 2 aromatic heterocycles. The Morgan fingerprint density at radius 1 is 0.971 bits per heavy atom. The van der Waals surface area contributed by atoms with E-state index in [2.05, 4.69) is 57.5 Å². The maximum absolute atomic E-state index is 6.12. The van der Waals surface area contributed by atoms with Gasteiger partial charge in [0.05, 0.1) is 0 Å². The third kappa shape index (κ3) is 4.65. The highest BCUT2D eigenvalue weighted by molar-refractivity contribution is 5.85. The lowest BCUT2D eigenvalue weighted by Gasteiger charge is -2.28. The van der Waals surface area contributed by atoms with Gasteiger partial charge >= 0.3 is 0 Å². The van der Waals surface area contributed by atoms with E-state index >= 15 is 0 Å². The molecule has 5 heteroatoms. The van der Waals surface area contributed by atoms with Gasteiger partial charge in [0, 0.05) is 53.5 Å². The largest absolute Gasteiger partial charge is 0.344 e. The van der Waals surface area contributed by atoms with E-state index in [0.29, 0.717) is 24.0 Å². The third-order valence-corrected chi connectivity index (χ3v) is 8.95. The summed E-state index contributed by atoms with van der Waals surface area (Å²) in [4.78, 5) is 4.31. The van der Waals surface area contributed by atoms with Gasteiger partial charge < -0.3 is 15.6 Å². The van der Waals surface area contributed by atoms with Crippen LogP contribution in [-0.4, -0.2) is 28.2 Å². The second-order valence-corrected chi connectivity index (χ2v) is 10.9. The predicted molar refractivity (Wildman–Crippen MR) is 143 cm³/mol. The number of hydrogen-bond donors (Lipinski definition) is 2. The fraction of sp³-hybridized carbons (Fsp3) is 0.552. The second-order valence-electron chi connectivity index (χ2n) is 10.9. The molecular weight excluding hydrogens is 440 g/mol. The van der Waals surface area contributed by atoms with Crippen LogP contribution in [0.25, 0.3) is 10.9 Å². The average Bonchev–Trinajstić information content (AvgIpc) is 3.58. The number of fused-ring (bicyclic) bond motifs is 3. The number of nitrogens with one attached hydrogen (secondary N) is 1. The predicted octanol–water partition coefficient (Wildman–Crippen LogP) is 6.20. The van der Waals surface area contributed by atoms with Crippen molar-refractivity contribution in [1.82, 2.24) is 14.9 Å². The van der Waals surface area contributed by atoms with Crippen LogP contribution in [0.2, 0.25) is 0 Å². The smallest absolute Gasteiger partial charge is 0.0486 e. The minimum atomic E-state index is 0. The Labute approximate surface area is 210 Å². The van der Waals surface area contributed by atoms with Crippen LogP contribution in [0, 0.1) is 11.8 Å². The van der Waals surface area contributed by atoms with Gasteiger partial charge in [-0.3, -0.25) is 4.98 Å². The molecule has 0 spiro atoms. The molecule has 2 heterocycles.